The second kappa shape index (κ2) is 8.14. The first-order valence-electron chi connectivity index (χ1n) is 7.53. The van der Waals surface area contributed by atoms with Crippen molar-refractivity contribution < 1.29 is 9.59 Å². The van der Waals surface area contributed by atoms with Crippen LogP contribution in [-0.2, 0) is 0 Å². The molecule has 0 spiro atoms. The Morgan fingerprint density at radius 2 is 2.04 bits per heavy atom. The molecule has 28 heavy (non-hydrogen) atoms. The maximum atomic E-state index is 12.9. The van der Waals surface area contributed by atoms with Gasteiger partial charge in [0, 0.05) is 15.8 Å². The molecule has 0 fully saturated rings. The minimum atomic E-state index is -0.787. The first-order chi connectivity index (χ1) is 13.3. The van der Waals surface area contributed by atoms with Crippen LogP contribution in [0.4, 0.5) is 5.69 Å². The van der Waals surface area contributed by atoms with Crippen molar-refractivity contribution in [2.24, 2.45) is 5.73 Å². The summed E-state index contributed by atoms with van der Waals surface area (Å²) in [6.45, 7) is 0. The Balaban J connectivity index is 2.06. The highest BCUT2D eigenvalue weighted by atomic mass is 127. The monoisotopic (exact) mass is 526 g/mol. The summed E-state index contributed by atoms with van der Waals surface area (Å²) in [5.41, 5.74) is 5.86. The quantitative estimate of drug-likeness (QED) is 0.504. The van der Waals surface area contributed by atoms with Crippen molar-refractivity contribution in [2.45, 2.75) is 0 Å². The summed E-state index contributed by atoms with van der Waals surface area (Å²) < 4.78 is 1.66. The number of nitrogens with two attached hydrogens (primary N) is 1. The molecule has 1 aromatic carbocycles. The molecule has 3 aromatic rings. The van der Waals surface area contributed by atoms with E-state index in [-0.39, 0.29) is 38.5 Å². The lowest BCUT2D eigenvalue weighted by Gasteiger charge is -2.13. The highest BCUT2D eigenvalue weighted by molar-refractivity contribution is 14.1. The Morgan fingerprint density at radius 1 is 1.29 bits per heavy atom. The van der Waals surface area contributed by atoms with E-state index in [1.165, 1.54) is 29.1 Å². The highest BCUT2D eigenvalue weighted by Crippen LogP contribution is 2.27. The molecular weight excluding hydrogens is 518 g/mol. The Labute approximate surface area is 182 Å². The number of halogens is 3. The topological polar surface area (TPSA) is 127 Å². The van der Waals surface area contributed by atoms with Gasteiger partial charge in [-0.1, -0.05) is 23.2 Å². The van der Waals surface area contributed by atoms with Gasteiger partial charge in [-0.25, -0.2) is 9.67 Å². The number of hydrogen-bond acceptors (Lipinski definition) is 5. The number of amides is 2. The highest BCUT2D eigenvalue weighted by Gasteiger charge is 2.22. The molecule has 0 bridgehead atoms. The average Bonchev–Trinajstić information content (AvgIpc) is 3.04. The van der Waals surface area contributed by atoms with Crippen LogP contribution < -0.4 is 11.1 Å². The number of pyridine rings is 1. The van der Waals surface area contributed by atoms with E-state index in [9.17, 15) is 9.59 Å². The Hall–Kier alpha value is -2.68. The number of primary amides is 1. The number of anilines is 1. The van der Waals surface area contributed by atoms with Gasteiger partial charge in [0.2, 0.25) is 0 Å². The van der Waals surface area contributed by atoms with Gasteiger partial charge in [0.1, 0.15) is 5.69 Å². The maximum absolute atomic E-state index is 12.9. The molecule has 0 aliphatic rings. The zero-order valence-corrected chi connectivity index (χ0v) is 17.5. The normalized spacial score (nSPS) is 10.4. The molecule has 0 saturated heterocycles. The third-order valence-corrected chi connectivity index (χ3v) is 4.91. The van der Waals surface area contributed by atoms with Gasteiger partial charge in [-0.2, -0.15) is 10.4 Å². The van der Waals surface area contributed by atoms with Crippen LogP contribution in [0.15, 0.2) is 36.5 Å². The van der Waals surface area contributed by atoms with E-state index in [2.05, 4.69) is 15.4 Å². The van der Waals surface area contributed by atoms with Gasteiger partial charge in [-0.3, -0.25) is 9.59 Å². The zero-order valence-electron chi connectivity index (χ0n) is 13.8. The van der Waals surface area contributed by atoms with Crippen LogP contribution in [0.25, 0.3) is 5.82 Å². The Bertz CT molecular complexity index is 1160. The molecule has 3 rings (SSSR count). The number of benzene rings is 1. The number of carbonyl (C=O) groups excluding carboxylic acids is 2. The van der Waals surface area contributed by atoms with Gasteiger partial charge in [0.05, 0.1) is 27.9 Å². The standard InChI is InChI=1S/C17H9Cl2IN6O2/c18-10-2-1-3-23-16(10)26-12(6-13(19)25-26)17(28)24-14-9(15(22)27)4-8(7-21)5-11(14)20/h1-6H,(H2,22,27)(H,24,28). The van der Waals surface area contributed by atoms with Gasteiger partial charge in [-0.05, 0) is 46.9 Å². The van der Waals surface area contributed by atoms with E-state index in [1.54, 1.807) is 12.1 Å². The fourth-order valence-corrected chi connectivity index (χ4v) is 3.52. The summed E-state index contributed by atoms with van der Waals surface area (Å²) in [6, 6.07) is 9.32. The van der Waals surface area contributed by atoms with Crippen molar-refractivity contribution >= 4 is 63.3 Å². The van der Waals surface area contributed by atoms with E-state index in [0.717, 1.165) is 0 Å². The minimum absolute atomic E-state index is 0.00447. The van der Waals surface area contributed by atoms with Gasteiger partial charge < -0.3 is 11.1 Å². The molecule has 0 radical (unpaired) electrons. The number of hydrogen-bond donors (Lipinski definition) is 2. The molecule has 2 amide bonds. The van der Waals surface area contributed by atoms with Crippen LogP contribution in [0.1, 0.15) is 26.4 Å². The lowest BCUT2D eigenvalue weighted by molar-refractivity contribution is 0.100. The number of rotatable bonds is 4. The van der Waals surface area contributed by atoms with Crippen molar-refractivity contribution in [1.29, 1.82) is 5.26 Å². The molecule has 0 atom stereocenters. The fraction of sp³-hybridized carbons (Fsp3) is 0. The molecule has 0 unspecified atom stereocenters. The number of nitrogens with one attached hydrogen (secondary N) is 1. The largest absolute Gasteiger partial charge is 0.366 e. The first kappa shape index (κ1) is 20.1. The van der Waals surface area contributed by atoms with Crippen LogP contribution >= 0.6 is 45.8 Å². The first-order valence-corrected chi connectivity index (χ1v) is 9.36. The fourth-order valence-electron chi connectivity index (χ4n) is 2.38. The number of carbonyl (C=O) groups is 2. The number of nitrogens with zero attached hydrogens (tertiary/aromatic N) is 4. The third kappa shape index (κ3) is 3.94. The molecule has 2 aromatic heterocycles. The maximum Gasteiger partial charge on any atom is 0.274 e. The number of nitriles is 1. The van der Waals surface area contributed by atoms with Crippen LogP contribution in [0.2, 0.25) is 10.2 Å². The van der Waals surface area contributed by atoms with Gasteiger partial charge in [-0.15, -0.1) is 0 Å². The molecule has 11 heteroatoms. The second-order valence-electron chi connectivity index (χ2n) is 5.38. The van der Waals surface area contributed by atoms with Crippen molar-refractivity contribution in [3.8, 4) is 11.9 Å². The van der Waals surface area contributed by atoms with Crippen LogP contribution in [0.5, 0.6) is 0 Å². The van der Waals surface area contributed by atoms with E-state index < -0.39 is 11.8 Å². The molecule has 140 valence electrons. The molecule has 3 N–H and O–H groups in total. The SMILES string of the molecule is N#Cc1cc(I)c(NC(=O)c2cc(Cl)nn2-c2ncccc2Cl)c(C(N)=O)c1. The second-order valence-corrected chi connectivity index (χ2v) is 7.34. The van der Waals surface area contributed by atoms with E-state index in [4.69, 9.17) is 34.2 Å². The predicted molar refractivity (Wildman–Crippen MR) is 112 cm³/mol. The Kier molecular flexibility index (Phi) is 5.83. The lowest BCUT2D eigenvalue weighted by atomic mass is 10.1. The molecule has 0 aliphatic carbocycles. The molecule has 2 heterocycles. The predicted octanol–water partition coefficient (Wildman–Crippen LogP) is 3.40. The minimum Gasteiger partial charge on any atom is -0.366 e. The van der Waals surface area contributed by atoms with Crippen LogP contribution in [0.3, 0.4) is 0 Å². The van der Waals surface area contributed by atoms with Crippen molar-refractivity contribution in [3.63, 3.8) is 0 Å². The molecule has 0 saturated carbocycles. The zero-order chi connectivity index (χ0) is 20.4. The summed E-state index contributed by atoms with van der Waals surface area (Å²) in [6.07, 6.45) is 1.49. The van der Waals surface area contributed by atoms with Gasteiger partial charge in [0.25, 0.3) is 11.8 Å². The summed E-state index contributed by atoms with van der Waals surface area (Å²) in [5.74, 6) is -1.19. The summed E-state index contributed by atoms with van der Waals surface area (Å²) >= 11 is 14.0. The van der Waals surface area contributed by atoms with E-state index in [1.807, 2.05) is 28.7 Å². The van der Waals surface area contributed by atoms with Crippen LogP contribution in [-0.4, -0.2) is 26.6 Å². The molecular formula is C17H9Cl2IN6O2. The molecule has 0 aliphatic heterocycles. The van der Waals surface area contributed by atoms with Crippen molar-refractivity contribution in [2.75, 3.05) is 5.32 Å². The summed E-state index contributed by atoms with van der Waals surface area (Å²) in [7, 11) is 0. The number of aromatic nitrogens is 3. The van der Waals surface area contributed by atoms with Crippen LogP contribution in [0, 0.1) is 14.9 Å². The summed E-state index contributed by atoms with van der Waals surface area (Å²) in [4.78, 5) is 28.8. The summed E-state index contributed by atoms with van der Waals surface area (Å²) in [5, 5.41) is 16.1. The van der Waals surface area contributed by atoms with Gasteiger partial charge in [0.15, 0.2) is 11.0 Å². The van der Waals surface area contributed by atoms with Crippen molar-refractivity contribution in [1.82, 2.24) is 14.8 Å². The van der Waals surface area contributed by atoms with Crippen molar-refractivity contribution in [3.05, 3.63) is 67.1 Å². The average molecular weight is 527 g/mol. The van der Waals surface area contributed by atoms with E-state index in [0.29, 0.717) is 3.57 Å². The smallest absolute Gasteiger partial charge is 0.274 e. The Morgan fingerprint density at radius 3 is 2.68 bits per heavy atom. The van der Waals surface area contributed by atoms with E-state index >= 15 is 0 Å². The molecule has 8 nitrogen and oxygen atoms in total. The third-order valence-electron chi connectivity index (χ3n) is 3.58. The lowest BCUT2D eigenvalue weighted by Crippen LogP contribution is -2.22. The van der Waals surface area contributed by atoms with Gasteiger partial charge >= 0.3 is 0 Å².